The van der Waals surface area contributed by atoms with Crippen molar-refractivity contribution in [1.82, 2.24) is 0 Å². The molecular weight excluding hydrogens is 140 g/mol. The van der Waals surface area contributed by atoms with Crippen LogP contribution in [0.15, 0.2) is 16.6 Å². The average Bonchev–Trinajstić information content (AvgIpc) is 1.88. The fourth-order valence-electron chi connectivity index (χ4n) is 0.595. The first-order chi connectivity index (χ1) is 5.11. The molecule has 0 heterocycles. The van der Waals surface area contributed by atoms with Gasteiger partial charge in [0.2, 0.25) is 5.96 Å². The molecule has 0 amide bonds. The predicted molar refractivity (Wildman–Crippen MR) is 44.4 cm³/mol. The van der Waals surface area contributed by atoms with E-state index < -0.39 is 0 Å². The molecule has 0 aromatic rings. The van der Waals surface area contributed by atoms with Crippen molar-refractivity contribution in [2.45, 2.75) is 13.8 Å². The summed E-state index contributed by atoms with van der Waals surface area (Å²) in [7, 11) is 0. The molecule has 58 valence electrons. The van der Waals surface area contributed by atoms with Crippen molar-refractivity contribution in [3.63, 3.8) is 0 Å². The molecule has 0 spiro atoms. The first-order valence-electron chi connectivity index (χ1n) is 3.08. The Labute approximate surface area is 65.6 Å². The van der Waals surface area contributed by atoms with Crippen LogP contribution in [0.2, 0.25) is 0 Å². The van der Waals surface area contributed by atoms with Gasteiger partial charge in [-0.15, -0.1) is 0 Å². The molecule has 11 heavy (non-hydrogen) atoms. The lowest BCUT2D eigenvalue weighted by atomic mass is 10.2. The second kappa shape index (κ2) is 4.23. The van der Waals surface area contributed by atoms with Gasteiger partial charge >= 0.3 is 0 Å². The van der Waals surface area contributed by atoms with Gasteiger partial charge in [0.15, 0.2) is 0 Å². The highest BCUT2D eigenvalue weighted by Crippen LogP contribution is 1.95. The number of hydrogen-bond acceptors (Lipinski definition) is 2. The predicted octanol–water partition coefficient (Wildman–Crippen LogP) is 0.811. The number of nitriles is 1. The van der Waals surface area contributed by atoms with Crippen LogP contribution >= 0.6 is 0 Å². The third-order valence-electron chi connectivity index (χ3n) is 1.09. The van der Waals surface area contributed by atoms with E-state index in [0.29, 0.717) is 11.3 Å². The lowest BCUT2D eigenvalue weighted by Gasteiger charge is -1.94. The standard InChI is InChI=1S/C7H10N4/c1-3-6(4-8)5(2)11-7(9)10/h3H,1-2H3,(H3,9,10)/b6-3-,11-5-. The zero-order valence-electron chi connectivity index (χ0n) is 6.55. The second-order valence-electron chi connectivity index (χ2n) is 1.90. The Balaban J connectivity index is 4.63. The van der Waals surface area contributed by atoms with Crippen LogP contribution in [-0.2, 0) is 0 Å². The monoisotopic (exact) mass is 150 g/mol. The normalized spacial score (nSPS) is 12.5. The average molecular weight is 150 g/mol. The van der Waals surface area contributed by atoms with Crippen LogP contribution in [0.1, 0.15) is 13.8 Å². The molecular formula is C7H10N4. The number of nitrogens with one attached hydrogen (secondary N) is 1. The molecule has 0 aromatic heterocycles. The Hall–Kier alpha value is -1.63. The minimum atomic E-state index is -0.280. The van der Waals surface area contributed by atoms with Gasteiger partial charge in [0, 0.05) is 0 Å². The maximum atomic E-state index is 8.50. The van der Waals surface area contributed by atoms with Gasteiger partial charge in [-0.3, -0.25) is 5.41 Å². The summed E-state index contributed by atoms with van der Waals surface area (Å²) >= 11 is 0. The first-order valence-corrected chi connectivity index (χ1v) is 3.08. The molecule has 0 aliphatic rings. The minimum Gasteiger partial charge on any atom is -0.368 e. The largest absolute Gasteiger partial charge is 0.368 e. The summed E-state index contributed by atoms with van der Waals surface area (Å²) in [6, 6.07) is 1.93. The number of nitrogens with two attached hydrogens (primary N) is 1. The van der Waals surface area contributed by atoms with Gasteiger partial charge in [0.25, 0.3) is 0 Å². The van der Waals surface area contributed by atoms with Gasteiger partial charge in [-0.1, -0.05) is 6.08 Å². The van der Waals surface area contributed by atoms with E-state index in [2.05, 4.69) is 4.99 Å². The van der Waals surface area contributed by atoms with E-state index in [9.17, 15) is 0 Å². The van der Waals surface area contributed by atoms with Crippen LogP contribution < -0.4 is 5.73 Å². The summed E-state index contributed by atoms with van der Waals surface area (Å²) in [6.07, 6.45) is 1.63. The van der Waals surface area contributed by atoms with Crippen molar-refractivity contribution in [2.75, 3.05) is 0 Å². The summed E-state index contributed by atoms with van der Waals surface area (Å²) in [5, 5.41) is 15.3. The van der Waals surface area contributed by atoms with Gasteiger partial charge < -0.3 is 5.73 Å². The number of allylic oxidation sites excluding steroid dienone is 2. The molecule has 3 N–H and O–H groups in total. The van der Waals surface area contributed by atoms with Crippen LogP contribution in [0.5, 0.6) is 0 Å². The number of aliphatic imine (C=N–C) groups is 1. The van der Waals surface area contributed by atoms with Crippen LogP contribution in [0.3, 0.4) is 0 Å². The number of rotatable bonds is 1. The van der Waals surface area contributed by atoms with E-state index in [1.54, 1.807) is 19.9 Å². The highest BCUT2D eigenvalue weighted by molar-refractivity contribution is 6.06. The van der Waals surface area contributed by atoms with E-state index in [-0.39, 0.29) is 5.96 Å². The van der Waals surface area contributed by atoms with E-state index in [1.807, 2.05) is 6.07 Å². The molecule has 0 bridgehead atoms. The highest BCUT2D eigenvalue weighted by Gasteiger charge is 1.97. The molecule has 0 fully saturated rings. The van der Waals surface area contributed by atoms with Crippen LogP contribution in [0.25, 0.3) is 0 Å². The van der Waals surface area contributed by atoms with E-state index >= 15 is 0 Å². The molecule has 0 saturated heterocycles. The van der Waals surface area contributed by atoms with Crippen molar-refractivity contribution in [3.05, 3.63) is 11.6 Å². The third-order valence-corrected chi connectivity index (χ3v) is 1.09. The van der Waals surface area contributed by atoms with Gasteiger partial charge in [0.1, 0.15) is 6.07 Å². The zero-order valence-corrected chi connectivity index (χ0v) is 6.55. The van der Waals surface area contributed by atoms with Gasteiger partial charge in [-0.2, -0.15) is 5.26 Å². The second-order valence-corrected chi connectivity index (χ2v) is 1.90. The van der Waals surface area contributed by atoms with E-state index in [0.717, 1.165) is 0 Å². The van der Waals surface area contributed by atoms with Crippen LogP contribution in [-0.4, -0.2) is 11.7 Å². The van der Waals surface area contributed by atoms with Crippen molar-refractivity contribution < 1.29 is 0 Å². The molecule has 0 aromatic carbocycles. The summed E-state index contributed by atoms with van der Waals surface area (Å²) in [5.74, 6) is -0.280. The Kier molecular flexibility index (Phi) is 3.60. The molecule has 0 aliphatic heterocycles. The van der Waals surface area contributed by atoms with Gasteiger partial charge in [0.05, 0.1) is 11.3 Å². The SMILES string of the molecule is C/C=C(C#N)\C(C)=N/C(=N)N. The molecule has 4 heteroatoms. The Morgan fingerprint density at radius 1 is 1.73 bits per heavy atom. The summed E-state index contributed by atoms with van der Waals surface area (Å²) < 4.78 is 0. The van der Waals surface area contributed by atoms with E-state index in [1.165, 1.54) is 0 Å². The fourth-order valence-corrected chi connectivity index (χ4v) is 0.595. The zero-order chi connectivity index (χ0) is 8.85. The quantitative estimate of drug-likeness (QED) is 0.329. The van der Waals surface area contributed by atoms with Crippen LogP contribution in [0, 0.1) is 16.7 Å². The highest BCUT2D eigenvalue weighted by atomic mass is 15.0. The Morgan fingerprint density at radius 2 is 2.27 bits per heavy atom. The van der Waals surface area contributed by atoms with Crippen molar-refractivity contribution in [1.29, 1.82) is 10.7 Å². The first kappa shape index (κ1) is 9.37. The number of hydrogen-bond donors (Lipinski definition) is 2. The smallest absolute Gasteiger partial charge is 0.212 e. The molecule has 0 unspecified atom stereocenters. The number of nitrogens with zero attached hydrogens (tertiary/aromatic N) is 2. The molecule has 0 atom stereocenters. The summed E-state index contributed by atoms with van der Waals surface area (Å²) in [6.45, 7) is 3.37. The van der Waals surface area contributed by atoms with Crippen molar-refractivity contribution in [2.24, 2.45) is 10.7 Å². The molecule has 0 radical (unpaired) electrons. The van der Waals surface area contributed by atoms with E-state index in [4.69, 9.17) is 16.4 Å². The maximum Gasteiger partial charge on any atom is 0.212 e. The maximum absolute atomic E-state index is 8.50. The van der Waals surface area contributed by atoms with Crippen LogP contribution in [0.4, 0.5) is 0 Å². The minimum absolute atomic E-state index is 0.280. The summed E-state index contributed by atoms with van der Waals surface area (Å²) in [4.78, 5) is 3.61. The molecule has 4 nitrogen and oxygen atoms in total. The Morgan fingerprint density at radius 3 is 2.55 bits per heavy atom. The number of guanidine groups is 1. The lowest BCUT2D eigenvalue weighted by molar-refractivity contribution is 1.37. The molecule has 0 rings (SSSR count). The van der Waals surface area contributed by atoms with Gasteiger partial charge in [-0.05, 0) is 13.8 Å². The topological polar surface area (TPSA) is 86.0 Å². The van der Waals surface area contributed by atoms with Gasteiger partial charge in [-0.25, -0.2) is 4.99 Å². The molecule has 0 aliphatic carbocycles. The Bertz CT molecular complexity index is 254. The fraction of sp³-hybridized carbons (Fsp3) is 0.286. The molecule has 0 saturated carbocycles. The summed E-state index contributed by atoms with van der Waals surface area (Å²) in [5.41, 5.74) is 5.92. The lowest BCUT2D eigenvalue weighted by Crippen LogP contribution is -2.09. The van der Waals surface area contributed by atoms with Crippen molar-refractivity contribution >= 4 is 11.7 Å². The van der Waals surface area contributed by atoms with Crippen molar-refractivity contribution in [3.8, 4) is 6.07 Å². The third kappa shape index (κ3) is 3.16.